The van der Waals surface area contributed by atoms with Crippen LogP contribution in [0.15, 0.2) is 42.5 Å². The van der Waals surface area contributed by atoms with Crippen LogP contribution >= 0.6 is 0 Å². The van der Waals surface area contributed by atoms with Gasteiger partial charge in [-0.15, -0.1) is 0 Å². The van der Waals surface area contributed by atoms with E-state index in [0.717, 1.165) is 12.1 Å². The molecule has 2 aromatic rings. The second-order valence-electron chi connectivity index (χ2n) is 4.96. The van der Waals surface area contributed by atoms with Crippen LogP contribution in [0.4, 0.5) is 29.3 Å². The van der Waals surface area contributed by atoms with Gasteiger partial charge in [0.25, 0.3) is 0 Å². The van der Waals surface area contributed by atoms with Gasteiger partial charge in [0, 0.05) is 0 Å². The van der Waals surface area contributed by atoms with Crippen molar-refractivity contribution in [2.45, 2.75) is 13.1 Å². The monoisotopic (exact) mass is 338 g/mol. The van der Waals surface area contributed by atoms with E-state index in [9.17, 15) is 27.9 Å². The number of nitrogens with two attached hydrogens (primary N) is 1. The fourth-order valence-electron chi connectivity index (χ4n) is 2.39. The Bertz CT molecular complexity index is 803. The second-order valence-corrected chi connectivity index (χ2v) is 4.96. The first kappa shape index (κ1) is 17.3. The maximum Gasteiger partial charge on any atom is 0.418 e. The van der Waals surface area contributed by atoms with Crippen LogP contribution in [-0.2, 0) is 6.18 Å². The second kappa shape index (κ2) is 6.23. The number of amides is 2. The quantitative estimate of drug-likeness (QED) is 0.889. The molecule has 126 valence electrons. The third-order valence-electron chi connectivity index (χ3n) is 3.36. The Morgan fingerprint density at radius 1 is 1.08 bits per heavy atom. The van der Waals surface area contributed by atoms with E-state index in [4.69, 9.17) is 5.73 Å². The van der Waals surface area contributed by atoms with E-state index < -0.39 is 29.4 Å². The lowest BCUT2D eigenvalue weighted by molar-refractivity contribution is -0.137. The van der Waals surface area contributed by atoms with Crippen molar-refractivity contribution in [2.75, 3.05) is 4.90 Å². The molecule has 8 heteroatoms. The minimum Gasteiger partial charge on any atom is -0.478 e. The molecule has 3 N–H and O–H groups in total. The summed E-state index contributed by atoms with van der Waals surface area (Å²) in [6, 6.07) is 7.21. The molecule has 0 aliphatic rings. The molecule has 0 spiro atoms. The van der Waals surface area contributed by atoms with Gasteiger partial charge in [-0.1, -0.05) is 24.3 Å². The summed E-state index contributed by atoms with van der Waals surface area (Å²) in [6.45, 7) is 1.48. The Morgan fingerprint density at radius 3 is 2.25 bits per heavy atom. The molecule has 0 heterocycles. The van der Waals surface area contributed by atoms with Gasteiger partial charge in [0.15, 0.2) is 0 Å². The molecule has 2 amide bonds. The van der Waals surface area contributed by atoms with Gasteiger partial charge in [-0.05, 0) is 30.7 Å². The van der Waals surface area contributed by atoms with Crippen molar-refractivity contribution in [3.05, 3.63) is 59.2 Å². The number of carbonyl (C=O) groups is 2. The van der Waals surface area contributed by atoms with Gasteiger partial charge in [-0.2, -0.15) is 13.2 Å². The molecule has 0 saturated heterocycles. The van der Waals surface area contributed by atoms with Crippen molar-refractivity contribution >= 4 is 23.4 Å². The van der Waals surface area contributed by atoms with Crippen LogP contribution < -0.4 is 10.6 Å². The molecule has 0 aliphatic heterocycles. The molecule has 2 aromatic carbocycles. The van der Waals surface area contributed by atoms with E-state index in [1.807, 2.05) is 0 Å². The van der Waals surface area contributed by atoms with Crippen LogP contribution in [0.3, 0.4) is 0 Å². The number of carboxylic acid groups (broad SMARTS) is 1. The standard InChI is InChI=1S/C16H13F3N2O3/c1-9-5-4-6-10(14(22)23)13(9)21(15(20)24)12-8-3-2-7-11(12)16(17,18)19/h2-8H,1H3,(H2,20,24)(H,22,23). The fourth-order valence-corrected chi connectivity index (χ4v) is 2.39. The Labute approximate surface area is 135 Å². The van der Waals surface area contributed by atoms with E-state index in [1.54, 1.807) is 0 Å². The number of halogens is 3. The summed E-state index contributed by atoms with van der Waals surface area (Å²) in [7, 11) is 0. The topological polar surface area (TPSA) is 83.6 Å². The zero-order valence-corrected chi connectivity index (χ0v) is 12.5. The molecule has 0 saturated carbocycles. The number of carboxylic acids is 1. The molecule has 5 nitrogen and oxygen atoms in total. The average Bonchev–Trinajstić information content (AvgIpc) is 2.48. The Kier molecular flexibility index (Phi) is 4.50. The van der Waals surface area contributed by atoms with E-state index in [1.165, 1.54) is 37.3 Å². The number of hydrogen-bond donors (Lipinski definition) is 2. The summed E-state index contributed by atoms with van der Waals surface area (Å²) in [5, 5.41) is 9.30. The van der Waals surface area contributed by atoms with Crippen molar-refractivity contribution in [1.29, 1.82) is 0 Å². The highest BCUT2D eigenvalue weighted by molar-refractivity contribution is 6.06. The summed E-state index contributed by atoms with van der Waals surface area (Å²) in [4.78, 5) is 23.9. The lowest BCUT2D eigenvalue weighted by Crippen LogP contribution is -2.34. The minimum atomic E-state index is -4.74. The number of nitrogens with zero attached hydrogens (tertiary/aromatic N) is 1. The largest absolute Gasteiger partial charge is 0.478 e. The van der Waals surface area contributed by atoms with Gasteiger partial charge in [0.05, 0.1) is 22.5 Å². The molecule has 0 bridgehead atoms. The summed E-state index contributed by atoms with van der Waals surface area (Å²) < 4.78 is 39.8. The van der Waals surface area contributed by atoms with Crippen LogP contribution in [0.1, 0.15) is 21.5 Å². The van der Waals surface area contributed by atoms with Gasteiger partial charge in [0.1, 0.15) is 0 Å². The van der Waals surface area contributed by atoms with Crippen molar-refractivity contribution in [2.24, 2.45) is 5.73 Å². The maximum atomic E-state index is 13.3. The zero-order chi connectivity index (χ0) is 18.1. The number of alkyl halides is 3. The highest BCUT2D eigenvalue weighted by Crippen LogP contribution is 2.40. The highest BCUT2D eigenvalue weighted by atomic mass is 19.4. The summed E-state index contributed by atoms with van der Waals surface area (Å²) in [6.07, 6.45) is -4.74. The third kappa shape index (κ3) is 3.17. The summed E-state index contributed by atoms with van der Waals surface area (Å²) in [5.74, 6) is -1.38. The molecule has 0 unspecified atom stereocenters. The molecule has 0 atom stereocenters. The number of urea groups is 1. The SMILES string of the molecule is Cc1cccc(C(=O)O)c1N(C(N)=O)c1ccccc1C(F)(F)F. The van der Waals surface area contributed by atoms with Gasteiger partial charge >= 0.3 is 18.2 Å². The van der Waals surface area contributed by atoms with Crippen molar-refractivity contribution in [1.82, 2.24) is 0 Å². The number of para-hydroxylation sites is 2. The maximum absolute atomic E-state index is 13.3. The van der Waals surface area contributed by atoms with Crippen molar-refractivity contribution < 1.29 is 27.9 Å². The molecule has 2 rings (SSSR count). The van der Waals surface area contributed by atoms with Crippen LogP contribution in [-0.4, -0.2) is 17.1 Å². The first-order valence-corrected chi connectivity index (χ1v) is 6.73. The number of aromatic carboxylic acids is 1. The highest BCUT2D eigenvalue weighted by Gasteiger charge is 2.37. The summed E-state index contributed by atoms with van der Waals surface area (Å²) in [5.41, 5.74) is 3.42. The molecule has 24 heavy (non-hydrogen) atoms. The number of rotatable bonds is 3. The van der Waals surface area contributed by atoms with Crippen LogP contribution in [0.25, 0.3) is 0 Å². The Balaban J connectivity index is 2.80. The normalized spacial score (nSPS) is 11.2. The van der Waals surface area contributed by atoms with Gasteiger partial charge in [0.2, 0.25) is 0 Å². The number of aryl methyl sites for hydroxylation is 1. The zero-order valence-electron chi connectivity index (χ0n) is 12.5. The minimum absolute atomic E-state index is 0.200. The van der Waals surface area contributed by atoms with Crippen LogP contribution in [0.2, 0.25) is 0 Å². The third-order valence-corrected chi connectivity index (χ3v) is 3.36. The fraction of sp³-hybridized carbons (Fsp3) is 0.125. The first-order chi connectivity index (χ1) is 11.1. The Hall–Kier alpha value is -3.03. The number of carbonyl (C=O) groups excluding carboxylic acids is 1. The lowest BCUT2D eigenvalue weighted by atomic mass is 10.0. The number of hydrogen-bond acceptors (Lipinski definition) is 2. The molecular weight excluding hydrogens is 325 g/mol. The first-order valence-electron chi connectivity index (χ1n) is 6.73. The number of benzene rings is 2. The predicted molar refractivity (Wildman–Crippen MR) is 81.3 cm³/mol. The predicted octanol–water partition coefficient (Wildman–Crippen LogP) is 3.93. The van der Waals surface area contributed by atoms with E-state index >= 15 is 0 Å². The summed E-state index contributed by atoms with van der Waals surface area (Å²) >= 11 is 0. The van der Waals surface area contributed by atoms with Gasteiger partial charge in [-0.25, -0.2) is 9.59 Å². The molecule has 0 fully saturated rings. The average molecular weight is 338 g/mol. The van der Waals surface area contributed by atoms with E-state index in [0.29, 0.717) is 10.5 Å². The smallest absolute Gasteiger partial charge is 0.418 e. The van der Waals surface area contributed by atoms with Gasteiger partial charge < -0.3 is 10.8 Å². The van der Waals surface area contributed by atoms with Crippen molar-refractivity contribution in [3.8, 4) is 0 Å². The van der Waals surface area contributed by atoms with Gasteiger partial charge in [-0.3, -0.25) is 4.90 Å². The molecule has 0 radical (unpaired) electrons. The number of anilines is 2. The Morgan fingerprint density at radius 2 is 1.71 bits per heavy atom. The van der Waals surface area contributed by atoms with Crippen LogP contribution in [0.5, 0.6) is 0 Å². The number of primary amides is 1. The van der Waals surface area contributed by atoms with Crippen molar-refractivity contribution in [3.63, 3.8) is 0 Å². The van der Waals surface area contributed by atoms with E-state index in [-0.39, 0.29) is 11.3 Å². The molecule has 0 aliphatic carbocycles. The molecule has 0 aromatic heterocycles. The van der Waals surface area contributed by atoms with Crippen LogP contribution in [0, 0.1) is 6.92 Å². The van der Waals surface area contributed by atoms with E-state index in [2.05, 4.69) is 0 Å². The molecular formula is C16H13F3N2O3. The lowest BCUT2D eigenvalue weighted by Gasteiger charge is -2.27.